The lowest BCUT2D eigenvalue weighted by Crippen LogP contribution is -2.41. The highest BCUT2D eigenvalue weighted by Gasteiger charge is 2.18. The highest BCUT2D eigenvalue weighted by atomic mass is 35.5. The normalized spacial score (nSPS) is 12.7. The first-order valence-electron chi connectivity index (χ1n) is 5.20. The molecule has 0 spiro atoms. The van der Waals surface area contributed by atoms with E-state index in [4.69, 9.17) is 16.7 Å². The van der Waals surface area contributed by atoms with Crippen molar-refractivity contribution >= 4 is 17.6 Å². The number of nitrogens with zero attached hydrogens (tertiary/aromatic N) is 2. The predicted molar refractivity (Wildman–Crippen MR) is 61.7 cm³/mol. The number of carbonyl (C=O) groups is 1. The van der Waals surface area contributed by atoms with E-state index in [0.29, 0.717) is 11.6 Å². The van der Waals surface area contributed by atoms with Crippen molar-refractivity contribution in [2.24, 2.45) is 0 Å². The molecule has 1 heterocycles. The van der Waals surface area contributed by atoms with Crippen LogP contribution in [0.1, 0.15) is 19.0 Å². The Morgan fingerprint density at radius 1 is 1.75 bits per heavy atom. The Morgan fingerprint density at radius 2 is 2.44 bits per heavy atom. The van der Waals surface area contributed by atoms with Crippen LogP contribution in [-0.4, -0.2) is 33.4 Å². The van der Waals surface area contributed by atoms with E-state index in [1.54, 1.807) is 4.68 Å². The van der Waals surface area contributed by atoms with Gasteiger partial charge in [-0.05, 0) is 19.9 Å². The summed E-state index contributed by atoms with van der Waals surface area (Å²) >= 11 is 5.85. The maximum absolute atomic E-state index is 11.0. The Balaban J connectivity index is 2.68. The van der Waals surface area contributed by atoms with Gasteiger partial charge in [-0.25, -0.2) is 0 Å². The molecule has 1 unspecified atom stereocenters. The molecule has 0 aliphatic carbocycles. The summed E-state index contributed by atoms with van der Waals surface area (Å²) in [5, 5.41) is 16.6. The number of nitrogens with one attached hydrogen (secondary N) is 1. The molecule has 0 fully saturated rings. The van der Waals surface area contributed by atoms with Gasteiger partial charge in [0, 0.05) is 0 Å². The van der Waals surface area contributed by atoms with Gasteiger partial charge in [0.1, 0.15) is 6.04 Å². The highest BCUT2D eigenvalue weighted by Crippen LogP contribution is 2.13. The van der Waals surface area contributed by atoms with Gasteiger partial charge in [0.2, 0.25) is 0 Å². The third-order valence-electron chi connectivity index (χ3n) is 2.34. The third kappa shape index (κ3) is 3.21. The second-order valence-corrected chi connectivity index (χ2v) is 4.01. The summed E-state index contributed by atoms with van der Waals surface area (Å²) in [5.41, 5.74) is 0.784. The van der Waals surface area contributed by atoms with Crippen LogP contribution < -0.4 is 5.32 Å². The fourth-order valence-corrected chi connectivity index (χ4v) is 1.47. The lowest BCUT2D eigenvalue weighted by molar-refractivity contribution is -0.139. The highest BCUT2D eigenvalue weighted by molar-refractivity contribution is 6.31. The van der Waals surface area contributed by atoms with Crippen molar-refractivity contribution in [3.63, 3.8) is 0 Å². The van der Waals surface area contributed by atoms with Gasteiger partial charge in [-0.3, -0.25) is 9.48 Å². The van der Waals surface area contributed by atoms with E-state index in [2.05, 4.69) is 10.4 Å². The first kappa shape index (κ1) is 13.0. The van der Waals surface area contributed by atoms with E-state index in [0.717, 1.165) is 12.1 Å². The zero-order valence-corrected chi connectivity index (χ0v) is 10.2. The molecule has 0 amide bonds. The summed E-state index contributed by atoms with van der Waals surface area (Å²) in [5.74, 6) is -0.875. The van der Waals surface area contributed by atoms with Crippen LogP contribution in [0, 0.1) is 6.92 Å². The Hall–Kier alpha value is -1.07. The van der Waals surface area contributed by atoms with E-state index in [1.165, 1.54) is 6.20 Å². The van der Waals surface area contributed by atoms with E-state index < -0.39 is 12.0 Å². The number of aromatic nitrogens is 2. The molecule has 0 bridgehead atoms. The molecule has 0 aliphatic rings. The van der Waals surface area contributed by atoms with E-state index in [1.807, 2.05) is 13.8 Å². The molecule has 16 heavy (non-hydrogen) atoms. The van der Waals surface area contributed by atoms with Crippen LogP contribution in [0.2, 0.25) is 5.02 Å². The zero-order valence-electron chi connectivity index (χ0n) is 9.40. The second-order valence-electron chi connectivity index (χ2n) is 3.60. The number of aliphatic carboxylic acids is 1. The molecule has 1 aromatic rings. The van der Waals surface area contributed by atoms with Crippen molar-refractivity contribution in [1.82, 2.24) is 15.1 Å². The minimum Gasteiger partial charge on any atom is -0.480 e. The van der Waals surface area contributed by atoms with Gasteiger partial charge in [0.15, 0.2) is 0 Å². The van der Waals surface area contributed by atoms with Crippen LogP contribution in [0.3, 0.4) is 0 Å². The van der Waals surface area contributed by atoms with Gasteiger partial charge in [-0.1, -0.05) is 18.5 Å². The van der Waals surface area contributed by atoms with Gasteiger partial charge < -0.3 is 10.4 Å². The van der Waals surface area contributed by atoms with E-state index in [-0.39, 0.29) is 6.54 Å². The van der Waals surface area contributed by atoms with Crippen molar-refractivity contribution in [3.05, 3.63) is 16.9 Å². The van der Waals surface area contributed by atoms with Crippen LogP contribution in [0.4, 0.5) is 0 Å². The molecule has 0 aliphatic heterocycles. The minimum absolute atomic E-state index is 0.286. The average molecular weight is 246 g/mol. The molecule has 1 aromatic heterocycles. The molecule has 0 saturated heterocycles. The van der Waals surface area contributed by atoms with Gasteiger partial charge in [-0.2, -0.15) is 5.10 Å². The number of hydrogen-bond acceptors (Lipinski definition) is 3. The molecule has 1 rings (SSSR count). The third-order valence-corrected chi connectivity index (χ3v) is 2.71. The lowest BCUT2D eigenvalue weighted by Gasteiger charge is -2.14. The van der Waals surface area contributed by atoms with Crippen molar-refractivity contribution in [1.29, 1.82) is 0 Å². The van der Waals surface area contributed by atoms with E-state index in [9.17, 15) is 4.79 Å². The number of hydrogen-bond donors (Lipinski definition) is 2. The fraction of sp³-hybridized carbons (Fsp3) is 0.600. The molecule has 6 heteroatoms. The molecule has 1 atom stereocenters. The van der Waals surface area contributed by atoms with Gasteiger partial charge in [0.05, 0.1) is 23.5 Å². The van der Waals surface area contributed by atoms with Crippen LogP contribution >= 0.6 is 11.6 Å². The molecule has 0 saturated carbocycles. The standard InChI is InChI=1S/C10H16ClN3O2/c1-3-4-12-9(10(15)16)6-14-7(2)8(11)5-13-14/h5,9,12H,3-4,6H2,1-2H3,(H,15,16). The van der Waals surface area contributed by atoms with Gasteiger partial charge >= 0.3 is 5.97 Å². The van der Waals surface area contributed by atoms with Crippen molar-refractivity contribution in [3.8, 4) is 0 Å². The van der Waals surface area contributed by atoms with Crippen LogP contribution in [0.15, 0.2) is 6.20 Å². The smallest absolute Gasteiger partial charge is 0.322 e. The quantitative estimate of drug-likeness (QED) is 0.793. The Kier molecular flexibility index (Phi) is 4.76. The molecule has 90 valence electrons. The minimum atomic E-state index is -0.875. The zero-order chi connectivity index (χ0) is 12.1. The summed E-state index contributed by atoms with van der Waals surface area (Å²) in [6.07, 6.45) is 2.41. The van der Waals surface area contributed by atoms with Crippen molar-refractivity contribution in [2.75, 3.05) is 6.54 Å². The molecular weight excluding hydrogens is 230 g/mol. The maximum Gasteiger partial charge on any atom is 0.322 e. The Morgan fingerprint density at radius 3 is 2.88 bits per heavy atom. The van der Waals surface area contributed by atoms with Gasteiger partial charge in [-0.15, -0.1) is 0 Å². The Bertz CT molecular complexity index is 365. The molecule has 0 aromatic carbocycles. The average Bonchev–Trinajstić information content (AvgIpc) is 2.55. The Labute approximate surface area is 99.4 Å². The number of carboxylic acids is 1. The van der Waals surface area contributed by atoms with Gasteiger partial charge in [0.25, 0.3) is 0 Å². The molecule has 0 radical (unpaired) electrons. The first-order chi connectivity index (χ1) is 7.56. The summed E-state index contributed by atoms with van der Waals surface area (Å²) in [6, 6.07) is -0.630. The van der Waals surface area contributed by atoms with E-state index >= 15 is 0 Å². The summed E-state index contributed by atoms with van der Waals surface area (Å²) in [7, 11) is 0. The number of carboxylic acid groups (broad SMARTS) is 1. The first-order valence-corrected chi connectivity index (χ1v) is 5.58. The summed E-state index contributed by atoms with van der Waals surface area (Å²) in [4.78, 5) is 11.0. The number of halogens is 1. The SMILES string of the molecule is CCCNC(Cn1ncc(Cl)c1C)C(=O)O. The van der Waals surface area contributed by atoms with Crippen LogP contribution in [0.25, 0.3) is 0 Å². The summed E-state index contributed by atoms with van der Waals surface area (Å²) < 4.78 is 1.60. The van der Waals surface area contributed by atoms with Crippen LogP contribution in [-0.2, 0) is 11.3 Å². The lowest BCUT2D eigenvalue weighted by atomic mass is 10.3. The van der Waals surface area contributed by atoms with Crippen molar-refractivity contribution in [2.45, 2.75) is 32.9 Å². The maximum atomic E-state index is 11.0. The largest absolute Gasteiger partial charge is 0.480 e. The fourth-order valence-electron chi connectivity index (χ4n) is 1.33. The predicted octanol–water partition coefficient (Wildman–Crippen LogP) is 1.30. The molecule has 5 nitrogen and oxygen atoms in total. The number of rotatable bonds is 6. The molecular formula is C10H16ClN3O2. The second kappa shape index (κ2) is 5.86. The topological polar surface area (TPSA) is 67.2 Å². The monoisotopic (exact) mass is 245 g/mol. The van der Waals surface area contributed by atoms with Crippen molar-refractivity contribution < 1.29 is 9.90 Å². The molecule has 2 N–H and O–H groups in total. The summed E-state index contributed by atoms with van der Waals surface area (Å²) in [6.45, 7) is 4.76. The van der Waals surface area contributed by atoms with Crippen LogP contribution in [0.5, 0.6) is 0 Å².